The Morgan fingerprint density at radius 2 is 2.24 bits per heavy atom. The van der Waals surface area contributed by atoms with Crippen molar-refractivity contribution >= 4 is 17.8 Å². The number of nitrogens with one attached hydrogen (secondary N) is 1. The highest BCUT2D eigenvalue weighted by atomic mass is 16.5. The number of hydrogen-bond acceptors (Lipinski definition) is 6. The molecule has 0 bridgehead atoms. The third kappa shape index (κ3) is 3.87. The van der Waals surface area contributed by atoms with Gasteiger partial charge in [-0.25, -0.2) is 14.8 Å². The summed E-state index contributed by atoms with van der Waals surface area (Å²) in [6, 6.07) is 3.47. The van der Waals surface area contributed by atoms with E-state index < -0.39 is 0 Å². The normalized spacial score (nSPS) is 17.4. The van der Waals surface area contributed by atoms with Crippen LogP contribution in [0.25, 0.3) is 0 Å². The minimum absolute atomic E-state index is 0.187. The molecule has 0 aromatic carbocycles. The predicted octanol–water partition coefficient (Wildman–Crippen LogP) is 1.19. The molecule has 3 heterocycles. The Morgan fingerprint density at radius 3 is 2.92 bits per heavy atom. The first-order valence-electron chi connectivity index (χ1n) is 8.12. The standard InChI is InChI=1S/C16H23N7O2/c1-11-9-14(20-22(11)4)19-16(24)23-7-8-25-13(10-23)12-5-6-17-15(18-12)21(2)3/h5-6,9,13H,7-8,10H2,1-4H3,(H,19,20,24)/t13-/m1/s1. The molecule has 2 amide bonds. The van der Waals surface area contributed by atoms with Gasteiger partial charge in [0, 0.05) is 45.6 Å². The van der Waals surface area contributed by atoms with E-state index in [1.54, 1.807) is 15.8 Å². The van der Waals surface area contributed by atoms with E-state index in [9.17, 15) is 4.79 Å². The molecule has 3 rings (SSSR count). The molecule has 1 aliphatic rings. The molecule has 0 radical (unpaired) electrons. The Morgan fingerprint density at radius 1 is 1.44 bits per heavy atom. The maximum atomic E-state index is 12.5. The second-order valence-electron chi connectivity index (χ2n) is 6.21. The van der Waals surface area contributed by atoms with E-state index in [1.807, 2.05) is 45.1 Å². The van der Waals surface area contributed by atoms with Crippen molar-refractivity contribution in [1.29, 1.82) is 0 Å². The molecule has 25 heavy (non-hydrogen) atoms. The average Bonchev–Trinajstić information content (AvgIpc) is 2.92. The number of aromatic nitrogens is 4. The molecule has 1 fully saturated rings. The van der Waals surface area contributed by atoms with Gasteiger partial charge in [-0.1, -0.05) is 0 Å². The van der Waals surface area contributed by atoms with Gasteiger partial charge < -0.3 is 14.5 Å². The molecule has 1 aliphatic heterocycles. The van der Waals surface area contributed by atoms with Crippen LogP contribution in [-0.2, 0) is 11.8 Å². The lowest BCUT2D eigenvalue weighted by atomic mass is 10.2. The van der Waals surface area contributed by atoms with Crippen LogP contribution in [0, 0.1) is 6.92 Å². The number of nitrogens with zero attached hydrogens (tertiary/aromatic N) is 6. The lowest BCUT2D eigenvalue weighted by Crippen LogP contribution is -2.44. The molecule has 0 spiro atoms. The highest BCUT2D eigenvalue weighted by molar-refractivity contribution is 5.88. The number of aryl methyl sites for hydroxylation is 2. The second kappa shape index (κ2) is 7.06. The van der Waals surface area contributed by atoms with Crippen molar-refractivity contribution in [3.05, 3.63) is 29.7 Å². The molecule has 1 atom stereocenters. The lowest BCUT2D eigenvalue weighted by molar-refractivity contribution is -0.0157. The van der Waals surface area contributed by atoms with Crippen LogP contribution >= 0.6 is 0 Å². The Labute approximate surface area is 146 Å². The predicted molar refractivity (Wildman–Crippen MR) is 93.6 cm³/mol. The quantitative estimate of drug-likeness (QED) is 0.899. The van der Waals surface area contributed by atoms with Crippen LogP contribution in [0.2, 0.25) is 0 Å². The Bertz CT molecular complexity index is 739. The van der Waals surface area contributed by atoms with Crippen molar-refractivity contribution in [3.63, 3.8) is 0 Å². The summed E-state index contributed by atoms with van der Waals surface area (Å²) in [6.07, 6.45) is 1.43. The molecule has 1 N–H and O–H groups in total. The van der Waals surface area contributed by atoms with Gasteiger partial charge in [0.1, 0.15) is 6.10 Å². The fourth-order valence-electron chi connectivity index (χ4n) is 2.58. The first kappa shape index (κ1) is 17.2. The van der Waals surface area contributed by atoms with Crippen LogP contribution in [0.4, 0.5) is 16.6 Å². The fourth-order valence-corrected chi connectivity index (χ4v) is 2.58. The molecular formula is C16H23N7O2. The molecule has 0 aliphatic carbocycles. The zero-order valence-electron chi connectivity index (χ0n) is 14.9. The van der Waals surface area contributed by atoms with E-state index in [1.165, 1.54) is 0 Å². The molecule has 0 saturated carbocycles. The first-order valence-corrected chi connectivity index (χ1v) is 8.12. The molecule has 134 valence electrons. The van der Waals surface area contributed by atoms with Crippen LogP contribution < -0.4 is 10.2 Å². The summed E-state index contributed by atoms with van der Waals surface area (Å²) in [5.41, 5.74) is 1.75. The van der Waals surface area contributed by atoms with Crippen molar-refractivity contribution in [2.75, 3.05) is 44.0 Å². The van der Waals surface area contributed by atoms with Gasteiger partial charge in [0.15, 0.2) is 5.82 Å². The van der Waals surface area contributed by atoms with E-state index in [0.717, 1.165) is 11.4 Å². The molecule has 2 aromatic heterocycles. The fraction of sp³-hybridized carbons (Fsp3) is 0.500. The van der Waals surface area contributed by atoms with Gasteiger partial charge >= 0.3 is 6.03 Å². The zero-order chi connectivity index (χ0) is 18.0. The summed E-state index contributed by atoms with van der Waals surface area (Å²) in [7, 11) is 5.61. The van der Waals surface area contributed by atoms with Crippen molar-refractivity contribution in [3.8, 4) is 0 Å². The zero-order valence-corrected chi connectivity index (χ0v) is 14.9. The average molecular weight is 345 g/mol. The number of ether oxygens (including phenoxy) is 1. The van der Waals surface area contributed by atoms with Crippen LogP contribution in [0.5, 0.6) is 0 Å². The maximum Gasteiger partial charge on any atom is 0.323 e. The van der Waals surface area contributed by atoms with Gasteiger partial charge in [0.05, 0.1) is 18.8 Å². The van der Waals surface area contributed by atoms with Gasteiger partial charge in [-0.3, -0.25) is 10.00 Å². The minimum Gasteiger partial charge on any atom is -0.368 e. The minimum atomic E-state index is -0.272. The van der Waals surface area contributed by atoms with Gasteiger partial charge in [-0.05, 0) is 13.0 Å². The van der Waals surface area contributed by atoms with Crippen molar-refractivity contribution < 1.29 is 9.53 Å². The number of amides is 2. The number of carbonyl (C=O) groups is 1. The number of hydrogen-bond donors (Lipinski definition) is 1. The van der Waals surface area contributed by atoms with Gasteiger partial charge in [0.25, 0.3) is 0 Å². The first-order chi connectivity index (χ1) is 11.9. The third-order valence-corrected chi connectivity index (χ3v) is 4.10. The SMILES string of the molecule is Cc1cc(NC(=O)N2CCO[C@@H](c3ccnc(N(C)C)n3)C2)nn1C. The van der Waals surface area contributed by atoms with Crippen molar-refractivity contribution in [1.82, 2.24) is 24.6 Å². The van der Waals surface area contributed by atoms with Gasteiger partial charge in [0.2, 0.25) is 5.95 Å². The highest BCUT2D eigenvalue weighted by Gasteiger charge is 2.27. The van der Waals surface area contributed by atoms with Crippen LogP contribution in [-0.4, -0.2) is 64.5 Å². The largest absolute Gasteiger partial charge is 0.368 e. The number of rotatable bonds is 3. The lowest BCUT2D eigenvalue weighted by Gasteiger charge is -2.32. The Balaban J connectivity index is 1.68. The highest BCUT2D eigenvalue weighted by Crippen LogP contribution is 2.22. The van der Waals surface area contributed by atoms with Crippen LogP contribution in [0.1, 0.15) is 17.5 Å². The van der Waals surface area contributed by atoms with E-state index in [4.69, 9.17) is 4.74 Å². The van der Waals surface area contributed by atoms with E-state index in [2.05, 4.69) is 20.4 Å². The maximum absolute atomic E-state index is 12.5. The summed E-state index contributed by atoms with van der Waals surface area (Å²) >= 11 is 0. The number of urea groups is 1. The number of anilines is 2. The summed E-state index contributed by atoms with van der Waals surface area (Å²) in [5.74, 6) is 1.16. The molecule has 2 aromatic rings. The molecular weight excluding hydrogens is 322 g/mol. The Kier molecular flexibility index (Phi) is 4.84. The summed E-state index contributed by atoms with van der Waals surface area (Å²) < 4.78 is 7.53. The van der Waals surface area contributed by atoms with Crippen LogP contribution in [0.15, 0.2) is 18.3 Å². The van der Waals surface area contributed by atoms with Crippen molar-refractivity contribution in [2.45, 2.75) is 13.0 Å². The monoisotopic (exact) mass is 345 g/mol. The summed E-state index contributed by atoms with van der Waals surface area (Å²) in [6.45, 7) is 3.35. The molecule has 9 nitrogen and oxygen atoms in total. The van der Waals surface area contributed by atoms with Gasteiger partial charge in [-0.2, -0.15) is 5.10 Å². The molecule has 0 unspecified atom stereocenters. The molecule has 9 heteroatoms. The summed E-state index contributed by atoms with van der Waals surface area (Å²) in [5, 5.41) is 7.09. The van der Waals surface area contributed by atoms with Crippen molar-refractivity contribution in [2.24, 2.45) is 7.05 Å². The molecule has 1 saturated heterocycles. The smallest absolute Gasteiger partial charge is 0.323 e. The third-order valence-electron chi connectivity index (χ3n) is 4.10. The van der Waals surface area contributed by atoms with E-state index >= 15 is 0 Å². The van der Waals surface area contributed by atoms with Crippen LogP contribution in [0.3, 0.4) is 0 Å². The Hall–Kier alpha value is -2.68. The second-order valence-corrected chi connectivity index (χ2v) is 6.21. The van der Waals surface area contributed by atoms with E-state index in [0.29, 0.717) is 31.5 Å². The summed E-state index contributed by atoms with van der Waals surface area (Å²) in [4.78, 5) is 24.8. The topological polar surface area (TPSA) is 88.4 Å². The number of carbonyl (C=O) groups excluding carboxylic acids is 1. The van der Waals surface area contributed by atoms with Gasteiger partial charge in [-0.15, -0.1) is 0 Å². The van der Waals surface area contributed by atoms with E-state index in [-0.39, 0.29) is 12.1 Å². The number of morpholine rings is 1.